The first kappa shape index (κ1) is 15.9. The number of nitrogens with zero attached hydrogens (tertiary/aromatic N) is 4. The summed E-state index contributed by atoms with van der Waals surface area (Å²) >= 11 is 11.7. The lowest BCUT2D eigenvalue weighted by atomic mass is 9.93. The standard InChI is InChI=1S/C13H13Cl2FN4O/c14-10-2-1-9(7-11(10)15)12(21)20-5-3-13(16,4-6-20)8-18-19-17/h1-2,7H,3-6,8H2. The highest BCUT2D eigenvalue weighted by atomic mass is 35.5. The Balaban J connectivity index is 2.03. The van der Waals surface area contributed by atoms with E-state index in [1.54, 1.807) is 17.0 Å². The molecule has 1 aliphatic heterocycles. The van der Waals surface area contributed by atoms with Gasteiger partial charge in [-0.15, -0.1) is 0 Å². The van der Waals surface area contributed by atoms with Gasteiger partial charge in [0, 0.05) is 23.6 Å². The number of hydrogen-bond donors (Lipinski definition) is 0. The zero-order chi connectivity index (χ0) is 15.5. The minimum absolute atomic E-state index is 0.152. The molecule has 0 saturated carbocycles. The molecular weight excluding hydrogens is 318 g/mol. The van der Waals surface area contributed by atoms with Gasteiger partial charge in [-0.05, 0) is 36.6 Å². The summed E-state index contributed by atoms with van der Waals surface area (Å²) in [6, 6.07) is 4.65. The molecule has 1 amide bonds. The van der Waals surface area contributed by atoms with Crippen LogP contribution in [0.1, 0.15) is 23.2 Å². The van der Waals surface area contributed by atoms with Crippen molar-refractivity contribution in [1.82, 2.24) is 4.90 Å². The molecule has 1 fully saturated rings. The van der Waals surface area contributed by atoms with Gasteiger partial charge in [0.2, 0.25) is 0 Å². The van der Waals surface area contributed by atoms with Gasteiger partial charge in [-0.1, -0.05) is 28.3 Å². The van der Waals surface area contributed by atoms with Gasteiger partial charge in [0.15, 0.2) is 0 Å². The van der Waals surface area contributed by atoms with E-state index >= 15 is 0 Å². The van der Waals surface area contributed by atoms with Gasteiger partial charge in [0.25, 0.3) is 5.91 Å². The predicted octanol–water partition coefficient (Wildman–Crippen LogP) is 4.25. The Morgan fingerprint density at radius 2 is 2.05 bits per heavy atom. The number of alkyl halides is 1. The summed E-state index contributed by atoms with van der Waals surface area (Å²) in [6.45, 7) is 0.353. The highest BCUT2D eigenvalue weighted by Crippen LogP contribution is 2.29. The molecule has 0 bridgehead atoms. The van der Waals surface area contributed by atoms with E-state index in [9.17, 15) is 9.18 Å². The number of halogens is 3. The zero-order valence-corrected chi connectivity index (χ0v) is 12.6. The minimum atomic E-state index is -1.53. The first-order valence-corrected chi connectivity index (χ1v) is 7.15. The van der Waals surface area contributed by atoms with Crippen LogP contribution in [0.5, 0.6) is 0 Å². The zero-order valence-electron chi connectivity index (χ0n) is 11.1. The van der Waals surface area contributed by atoms with Crippen LogP contribution in [0.25, 0.3) is 10.4 Å². The maximum Gasteiger partial charge on any atom is 0.253 e. The van der Waals surface area contributed by atoms with E-state index in [2.05, 4.69) is 10.0 Å². The lowest BCUT2D eigenvalue weighted by molar-refractivity contribution is 0.0469. The molecule has 1 heterocycles. The first-order chi connectivity index (χ1) is 9.95. The van der Waals surface area contributed by atoms with Crippen LogP contribution in [0, 0.1) is 0 Å². The van der Waals surface area contributed by atoms with E-state index in [1.807, 2.05) is 0 Å². The fourth-order valence-corrected chi connectivity index (χ4v) is 2.54. The van der Waals surface area contributed by atoms with Gasteiger partial charge in [-0.3, -0.25) is 4.79 Å². The van der Waals surface area contributed by atoms with Crippen LogP contribution >= 0.6 is 23.2 Å². The number of rotatable bonds is 3. The summed E-state index contributed by atoms with van der Waals surface area (Å²) in [5.41, 5.74) is 7.15. The van der Waals surface area contributed by atoms with Gasteiger partial charge in [-0.25, -0.2) is 4.39 Å². The molecule has 0 radical (unpaired) electrons. The third-order valence-electron chi connectivity index (χ3n) is 3.53. The molecule has 112 valence electrons. The molecule has 0 spiro atoms. The molecule has 1 aliphatic rings. The molecule has 5 nitrogen and oxygen atoms in total. The summed E-state index contributed by atoms with van der Waals surface area (Å²) < 4.78 is 14.3. The van der Waals surface area contributed by atoms with E-state index < -0.39 is 5.67 Å². The van der Waals surface area contributed by atoms with Crippen LogP contribution in [0.2, 0.25) is 10.0 Å². The van der Waals surface area contributed by atoms with Gasteiger partial charge in [0.05, 0.1) is 16.6 Å². The van der Waals surface area contributed by atoms with Crippen LogP contribution in [0.3, 0.4) is 0 Å². The molecule has 1 aromatic carbocycles. The molecule has 0 N–H and O–H groups in total. The van der Waals surface area contributed by atoms with Crippen LogP contribution in [0.4, 0.5) is 4.39 Å². The average molecular weight is 331 g/mol. The molecule has 0 aromatic heterocycles. The minimum Gasteiger partial charge on any atom is -0.338 e. The average Bonchev–Trinajstić information content (AvgIpc) is 2.48. The van der Waals surface area contributed by atoms with E-state index in [0.717, 1.165) is 0 Å². The molecule has 21 heavy (non-hydrogen) atoms. The highest BCUT2D eigenvalue weighted by molar-refractivity contribution is 6.42. The first-order valence-electron chi connectivity index (χ1n) is 6.39. The molecule has 8 heteroatoms. The number of benzene rings is 1. The van der Waals surface area contributed by atoms with Crippen molar-refractivity contribution in [3.05, 3.63) is 44.3 Å². The Labute approximate surface area is 131 Å². The molecule has 0 aliphatic carbocycles. The topological polar surface area (TPSA) is 69.1 Å². The normalized spacial score (nSPS) is 17.2. The summed E-state index contributed by atoms with van der Waals surface area (Å²) in [6.07, 6.45) is 0.304. The van der Waals surface area contributed by atoms with Gasteiger partial charge in [0.1, 0.15) is 5.67 Å². The van der Waals surface area contributed by atoms with Crippen LogP contribution in [0.15, 0.2) is 23.3 Å². The Morgan fingerprint density at radius 3 is 2.62 bits per heavy atom. The molecule has 2 rings (SSSR count). The number of azide groups is 1. The second-order valence-corrected chi connectivity index (χ2v) is 5.78. The maximum atomic E-state index is 14.3. The Morgan fingerprint density at radius 1 is 1.38 bits per heavy atom. The lowest BCUT2D eigenvalue weighted by Gasteiger charge is -2.35. The maximum absolute atomic E-state index is 14.3. The molecule has 0 unspecified atom stereocenters. The van der Waals surface area contributed by atoms with Crippen LogP contribution in [-0.2, 0) is 0 Å². The predicted molar refractivity (Wildman–Crippen MR) is 79.5 cm³/mol. The Kier molecular flexibility index (Phi) is 4.93. The van der Waals surface area contributed by atoms with Gasteiger partial charge < -0.3 is 4.90 Å². The lowest BCUT2D eigenvalue weighted by Crippen LogP contribution is -2.45. The van der Waals surface area contributed by atoms with E-state index in [1.165, 1.54) is 6.07 Å². The number of carbonyl (C=O) groups is 1. The van der Waals surface area contributed by atoms with Gasteiger partial charge in [-0.2, -0.15) is 0 Å². The summed E-state index contributed by atoms with van der Waals surface area (Å²) in [4.78, 5) is 16.4. The van der Waals surface area contributed by atoms with Crippen molar-refractivity contribution in [3.63, 3.8) is 0 Å². The smallest absolute Gasteiger partial charge is 0.253 e. The van der Waals surface area contributed by atoms with E-state index in [4.69, 9.17) is 28.7 Å². The largest absolute Gasteiger partial charge is 0.338 e. The molecule has 1 aromatic rings. The molecule has 0 atom stereocenters. The van der Waals surface area contributed by atoms with Crippen molar-refractivity contribution < 1.29 is 9.18 Å². The number of piperidine rings is 1. The van der Waals surface area contributed by atoms with E-state index in [0.29, 0.717) is 15.6 Å². The van der Waals surface area contributed by atoms with Crippen molar-refractivity contribution >= 4 is 29.1 Å². The number of hydrogen-bond acceptors (Lipinski definition) is 2. The van der Waals surface area contributed by atoms with Gasteiger partial charge >= 0.3 is 0 Å². The van der Waals surface area contributed by atoms with E-state index in [-0.39, 0.29) is 38.4 Å². The summed E-state index contributed by atoms with van der Waals surface area (Å²) in [7, 11) is 0. The van der Waals surface area contributed by atoms with Crippen molar-refractivity contribution in [2.75, 3.05) is 19.6 Å². The molecule has 1 saturated heterocycles. The van der Waals surface area contributed by atoms with Crippen molar-refractivity contribution in [2.45, 2.75) is 18.5 Å². The third-order valence-corrected chi connectivity index (χ3v) is 4.27. The summed E-state index contributed by atoms with van der Waals surface area (Å²) in [5, 5.41) is 3.97. The van der Waals surface area contributed by atoms with Crippen molar-refractivity contribution in [1.29, 1.82) is 0 Å². The fourth-order valence-electron chi connectivity index (χ4n) is 2.24. The second-order valence-electron chi connectivity index (χ2n) is 4.96. The summed E-state index contributed by atoms with van der Waals surface area (Å²) in [5.74, 6) is -0.209. The second kappa shape index (κ2) is 6.52. The number of carbonyl (C=O) groups excluding carboxylic acids is 1. The van der Waals surface area contributed by atoms with Crippen molar-refractivity contribution in [3.8, 4) is 0 Å². The van der Waals surface area contributed by atoms with Crippen LogP contribution < -0.4 is 0 Å². The van der Waals surface area contributed by atoms with Crippen molar-refractivity contribution in [2.24, 2.45) is 5.11 Å². The Hall–Kier alpha value is -1.49. The van der Waals surface area contributed by atoms with Crippen LogP contribution in [-0.4, -0.2) is 36.1 Å². The fraction of sp³-hybridized carbons (Fsp3) is 0.462. The Bertz CT molecular complexity index is 596. The molecular formula is C13H13Cl2FN4O. The quantitative estimate of drug-likeness (QED) is 0.464. The number of likely N-dealkylation sites (tertiary alicyclic amines) is 1. The monoisotopic (exact) mass is 330 g/mol. The SMILES string of the molecule is [N-]=[N+]=NCC1(F)CCN(C(=O)c2ccc(Cl)c(Cl)c2)CC1. The third kappa shape index (κ3) is 3.79. The number of amides is 1. The highest BCUT2D eigenvalue weighted by Gasteiger charge is 2.35.